The van der Waals surface area contributed by atoms with Gasteiger partial charge in [0.1, 0.15) is 12.2 Å². The Bertz CT molecular complexity index is 390. The lowest BCUT2D eigenvalue weighted by Gasteiger charge is -2.16. The number of carbonyl (C=O) groups is 1. The minimum Gasteiger partial charge on any atom is -0.459 e. The quantitative estimate of drug-likeness (QED) is 0.805. The third-order valence-corrected chi connectivity index (χ3v) is 3.09. The lowest BCUT2D eigenvalue weighted by Crippen LogP contribution is -2.30. The van der Waals surface area contributed by atoms with Gasteiger partial charge in [0.15, 0.2) is 0 Å². The molecule has 1 fully saturated rings. The van der Waals surface area contributed by atoms with Crippen LogP contribution in [0.4, 0.5) is 0 Å². The second kappa shape index (κ2) is 5.98. The molecule has 0 bridgehead atoms. The van der Waals surface area contributed by atoms with Gasteiger partial charge in [-0.3, -0.25) is 4.79 Å². The molecule has 2 rings (SSSR count). The highest BCUT2D eigenvalue weighted by molar-refractivity contribution is 5.74. The number of ether oxygens (including phenoxy) is 2. The summed E-state index contributed by atoms with van der Waals surface area (Å²) in [6, 6.07) is 9.75. The zero-order valence-corrected chi connectivity index (χ0v) is 10.4. The Morgan fingerprint density at radius 2 is 2.17 bits per heavy atom. The second-order valence-electron chi connectivity index (χ2n) is 4.68. The Balaban J connectivity index is 1.72. The van der Waals surface area contributed by atoms with Crippen LogP contribution in [0.25, 0.3) is 0 Å². The molecule has 1 heterocycles. The van der Waals surface area contributed by atoms with Gasteiger partial charge >= 0.3 is 5.97 Å². The number of benzene rings is 1. The highest BCUT2D eigenvalue weighted by Crippen LogP contribution is 2.23. The van der Waals surface area contributed by atoms with Crippen molar-refractivity contribution in [1.29, 1.82) is 0 Å². The highest BCUT2D eigenvalue weighted by atomic mass is 16.6. The minimum atomic E-state index is -0.748. The largest absolute Gasteiger partial charge is 0.459 e. The maximum Gasteiger partial charge on any atom is 0.309 e. The van der Waals surface area contributed by atoms with E-state index in [0.717, 1.165) is 5.56 Å². The van der Waals surface area contributed by atoms with E-state index in [1.165, 1.54) is 0 Å². The van der Waals surface area contributed by atoms with Crippen LogP contribution >= 0.6 is 0 Å². The topological polar surface area (TPSA) is 55.8 Å². The van der Waals surface area contributed by atoms with Crippen LogP contribution in [-0.4, -0.2) is 29.9 Å². The maximum absolute atomic E-state index is 11.2. The predicted octanol–water partition coefficient (Wildman–Crippen LogP) is 1.52. The first-order valence-corrected chi connectivity index (χ1v) is 6.17. The van der Waals surface area contributed by atoms with Gasteiger partial charge in [0.2, 0.25) is 0 Å². The van der Waals surface area contributed by atoms with Crippen LogP contribution in [0.2, 0.25) is 0 Å². The van der Waals surface area contributed by atoms with Gasteiger partial charge in [0.05, 0.1) is 19.1 Å². The van der Waals surface area contributed by atoms with Gasteiger partial charge in [0.25, 0.3) is 0 Å². The van der Waals surface area contributed by atoms with E-state index in [9.17, 15) is 9.90 Å². The minimum absolute atomic E-state index is 0.126. The van der Waals surface area contributed by atoms with Gasteiger partial charge < -0.3 is 14.6 Å². The van der Waals surface area contributed by atoms with Crippen LogP contribution in [0.15, 0.2) is 30.3 Å². The summed E-state index contributed by atoms with van der Waals surface area (Å²) >= 11 is 0. The Morgan fingerprint density at radius 3 is 2.78 bits per heavy atom. The first kappa shape index (κ1) is 13.1. The Morgan fingerprint density at radius 1 is 1.44 bits per heavy atom. The third kappa shape index (κ3) is 3.31. The van der Waals surface area contributed by atoms with Crippen LogP contribution in [0.1, 0.15) is 18.9 Å². The summed E-state index contributed by atoms with van der Waals surface area (Å²) in [6.07, 6.45) is -0.611. The van der Waals surface area contributed by atoms with E-state index < -0.39 is 12.2 Å². The Kier molecular flexibility index (Phi) is 4.33. The molecule has 1 aromatic rings. The summed E-state index contributed by atoms with van der Waals surface area (Å²) in [5, 5.41) is 9.86. The zero-order chi connectivity index (χ0) is 13.0. The average molecular weight is 250 g/mol. The van der Waals surface area contributed by atoms with Crippen molar-refractivity contribution in [2.24, 2.45) is 5.92 Å². The van der Waals surface area contributed by atoms with Crippen molar-refractivity contribution in [1.82, 2.24) is 0 Å². The number of aliphatic hydroxyl groups excluding tert-OH is 1. The van der Waals surface area contributed by atoms with Crippen molar-refractivity contribution in [3.63, 3.8) is 0 Å². The number of hydrogen-bond acceptors (Lipinski definition) is 4. The molecule has 0 spiro atoms. The molecule has 0 amide bonds. The van der Waals surface area contributed by atoms with Gasteiger partial charge in [0, 0.05) is 6.42 Å². The molecule has 0 aromatic heterocycles. The summed E-state index contributed by atoms with van der Waals surface area (Å²) in [5.74, 6) is -0.360. The summed E-state index contributed by atoms with van der Waals surface area (Å²) < 4.78 is 10.5. The molecule has 0 unspecified atom stereocenters. The Hall–Kier alpha value is -1.39. The smallest absolute Gasteiger partial charge is 0.309 e. The summed E-state index contributed by atoms with van der Waals surface area (Å²) in [4.78, 5) is 11.2. The molecule has 3 atom stereocenters. The molecule has 98 valence electrons. The SMILES string of the molecule is C[C@@H]1C[C@@H]([C@H](O)COCc2ccccc2)OC1=O. The van der Waals surface area contributed by atoms with Crippen LogP contribution in [0.5, 0.6) is 0 Å². The van der Waals surface area contributed by atoms with Gasteiger partial charge in [-0.1, -0.05) is 37.3 Å². The number of carbonyl (C=O) groups excluding carboxylic acids is 1. The molecule has 1 N–H and O–H groups in total. The molecule has 1 aliphatic rings. The zero-order valence-electron chi connectivity index (χ0n) is 10.4. The van der Waals surface area contributed by atoms with Crippen molar-refractivity contribution in [2.75, 3.05) is 6.61 Å². The summed E-state index contributed by atoms with van der Waals surface area (Å²) in [5.41, 5.74) is 1.06. The van der Waals surface area contributed by atoms with E-state index in [1.54, 1.807) is 6.92 Å². The standard InChI is InChI=1S/C14H18O4/c1-10-7-13(18-14(10)16)12(15)9-17-8-11-5-3-2-4-6-11/h2-6,10,12-13,15H,7-9H2,1H3/t10-,12-,13+/m1/s1. The van der Waals surface area contributed by atoms with E-state index in [2.05, 4.69) is 0 Å². The third-order valence-electron chi connectivity index (χ3n) is 3.09. The lowest BCUT2D eigenvalue weighted by molar-refractivity contribution is -0.149. The van der Waals surface area contributed by atoms with E-state index in [-0.39, 0.29) is 18.5 Å². The number of esters is 1. The monoisotopic (exact) mass is 250 g/mol. The molecular formula is C14H18O4. The van der Waals surface area contributed by atoms with Crippen molar-refractivity contribution in [3.8, 4) is 0 Å². The van der Waals surface area contributed by atoms with E-state index in [1.807, 2.05) is 30.3 Å². The van der Waals surface area contributed by atoms with Crippen LogP contribution in [0.3, 0.4) is 0 Å². The highest BCUT2D eigenvalue weighted by Gasteiger charge is 2.35. The molecule has 0 radical (unpaired) electrons. The van der Waals surface area contributed by atoms with Crippen molar-refractivity contribution in [3.05, 3.63) is 35.9 Å². The summed E-state index contributed by atoms with van der Waals surface area (Å²) in [7, 11) is 0. The molecule has 1 aliphatic heterocycles. The molecule has 0 aliphatic carbocycles. The van der Waals surface area contributed by atoms with E-state index in [0.29, 0.717) is 13.0 Å². The van der Waals surface area contributed by atoms with Crippen molar-refractivity contribution in [2.45, 2.75) is 32.2 Å². The predicted molar refractivity (Wildman–Crippen MR) is 65.8 cm³/mol. The molecule has 4 nitrogen and oxygen atoms in total. The normalized spacial score (nSPS) is 24.9. The molecule has 1 aromatic carbocycles. The molecule has 18 heavy (non-hydrogen) atoms. The average Bonchev–Trinajstić information content (AvgIpc) is 2.71. The van der Waals surface area contributed by atoms with Crippen molar-refractivity contribution >= 4 is 5.97 Å². The van der Waals surface area contributed by atoms with Gasteiger partial charge in [-0.25, -0.2) is 0 Å². The molecule has 0 saturated carbocycles. The number of hydrogen-bond donors (Lipinski definition) is 1. The van der Waals surface area contributed by atoms with Crippen molar-refractivity contribution < 1.29 is 19.4 Å². The molecular weight excluding hydrogens is 232 g/mol. The molecule has 1 saturated heterocycles. The van der Waals surface area contributed by atoms with Gasteiger partial charge in [-0.2, -0.15) is 0 Å². The molecule has 4 heteroatoms. The first-order valence-electron chi connectivity index (χ1n) is 6.17. The number of rotatable bonds is 5. The fourth-order valence-electron chi connectivity index (χ4n) is 1.97. The van der Waals surface area contributed by atoms with Crippen LogP contribution in [0, 0.1) is 5.92 Å². The lowest BCUT2D eigenvalue weighted by atomic mass is 10.0. The van der Waals surface area contributed by atoms with E-state index >= 15 is 0 Å². The van der Waals surface area contributed by atoms with Crippen LogP contribution < -0.4 is 0 Å². The second-order valence-corrected chi connectivity index (χ2v) is 4.68. The Labute approximate surface area is 107 Å². The van der Waals surface area contributed by atoms with E-state index in [4.69, 9.17) is 9.47 Å². The van der Waals surface area contributed by atoms with Crippen LogP contribution in [-0.2, 0) is 20.9 Å². The number of cyclic esters (lactones) is 1. The maximum atomic E-state index is 11.2. The summed E-state index contributed by atoms with van der Waals surface area (Å²) in [6.45, 7) is 2.44. The van der Waals surface area contributed by atoms with Gasteiger partial charge in [-0.05, 0) is 5.56 Å². The van der Waals surface area contributed by atoms with Gasteiger partial charge in [-0.15, -0.1) is 0 Å². The fourth-order valence-corrected chi connectivity index (χ4v) is 1.97. The number of aliphatic hydroxyl groups is 1. The first-order chi connectivity index (χ1) is 8.66. The fraction of sp³-hybridized carbons (Fsp3) is 0.500.